The van der Waals surface area contributed by atoms with Crippen LogP contribution in [0.2, 0.25) is 0 Å². The summed E-state index contributed by atoms with van der Waals surface area (Å²) in [6.07, 6.45) is 1.51. The number of carbonyl (C=O) groups excluding carboxylic acids is 1. The zero-order valence-corrected chi connectivity index (χ0v) is 12.3. The van der Waals surface area contributed by atoms with Crippen LogP contribution in [-0.2, 0) is 0 Å². The number of nitro groups is 1. The number of halogens is 1. The number of carbonyl (C=O) groups is 1. The summed E-state index contributed by atoms with van der Waals surface area (Å²) in [7, 11) is 0. The standard InChI is InChI=1S/C14H10BrN3O3/c15-12-3-1-2-10(8-12)9-16-17-14(19)11-4-6-13(7-5-11)18(20)21/h1-9H,(H,17,19)/b16-9+. The van der Waals surface area contributed by atoms with Crippen LogP contribution in [0.5, 0.6) is 0 Å². The maximum absolute atomic E-state index is 11.8. The van der Waals surface area contributed by atoms with Crippen molar-refractivity contribution in [2.45, 2.75) is 0 Å². The van der Waals surface area contributed by atoms with Crippen molar-refractivity contribution in [1.29, 1.82) is 0 Å². The SMILES string of the molecule is O=C(N/N=C/c1cccc(Br)c1)c1ccc([N+](=O)[O-])cc1. The van der Waals surface area contributed by atoms with Gasteiger partial charge in [0.1, 0.15) is 0 Å². The van der Waals surface area contributed by atoms with Crippen LogP contribution in [0.15, 0.2) is 58.1 Å². The molecule has 1 amide bonds. The number of nitro benzene ring substituents is 1. The van der Waals surface area contributed by atoms with Crippen molar-refractivity contribution in [3.63, 3.8) is 0 Å². The van der Waals surface area contributed by atoms with E-state index in [1.54, 1.807) is 0 Å². The molecule has 0 aliphatic rings. The van der Waals surface area contributed by atoms with Gasteiger partial charge in [-0.3, -0.25) is 14.9 Å². The molecule has 0 saturated carbocycles. The molecule has 0 saturated heterocycles. The number of hydrazone groups is 1. The van der Waals surface area contributed by atoms with Crippen LogP contribution in [0.4, 0.5) is 5.69 Å². The van der Waals surface area contributed by atoms with E-state index < -0.39 is 10.8 Å². The molecule has 7 heteroatoms. The highest BCUT2D eigenvalue weighted by atomic mass is 79.9. The number of non-ortho nitro benzene ring substituents is 1. The highest BCUT2D eigenvalue weighted by molar-refractivity contribution is 9.10. The molecule has 6 nitrogen and oxygen atoms in total. The van der Waals surface area contributed by atoms with E-state index in [1.807, 2.05) is 24.3 Å². The minimum Gasteiger partial charge on any atom is -0.267 e. The van der Waals surface area contributed by atoms with Crippen LogP contribution >= 0.6 is 15.9 Å². The maximum Gasteiger partial charge on any atom is 0.271 e. The lowest BCUT2D eigenvalue weighted by Gasteiger charge is -1.99. The molecule has 0 atom stereocenters. The van der Waals surface area contributed by atoms with Crippen molar-refractivity contribution in [1.82, 2.24) is 5.43 Å². The predicted octanol–water partition coefficient (Wildman–Crippen LogP) is 3.12. The van der Waals surface area contributed by atoms with E-state index >= 15 is 0 Å². The van der Waals surface area contributed by atoms with Gasteiger partial charge in [0, 0.05) is 22.2 Å². The molecular weight excluding hydrogens is 338 g/mol. The largest absolute Gasteiger partial charge is 0.271 e. The van der Waals surface area contributed by atoms with Gasteiger partial charge in [-0.05, 0) is 29.8 Å². The van der Waals surface area contributed by atoms with Crippen molar-refractivity contribution in [3.8, 4) is 0 Å². The Bertz CT molecular complexity index is 699. The first-order valence-corrected chi connectivity index (χ1v) is 6.69. The van der Waals surface area contributed by atoms with Crippen molar-refractivity contribution in [3.05, 3.63) is 74.2 Å². The molecule has 2 aromatic carbocycles. The van der Waals surface area contributed by atoms with Gasteiger partial charge >= 0.3 is 0 Å². The first-order valence-electron chi connectivity index (χ1n) is 5.90. The average Bonchev–Trinajstić information content (AvgIpc) is 2.47. The molecule has 0 fully saturated rings. The van der Waals surface area contributed by atoms with Crippen molar-refractivity contribution < 1.29 is 9.72 Å². The van der Waals surface area contributed by atoms with Crippen LogP contribution in [0.25, 0.3) is 0 Å². The number of amides is 1. The van der Waals surface area contributed by atoms with Crippen LogP contribution < -0.4 is 5.43 Å². The second-order valence-electron chi connectivity index (χ2n) is 4.06. The first kappa shape index (κ1) is 14.9. The fourth-order valence-corrected chi connectivity index (χ4v) is 1.97. The maximum atomic E-state index is 11.8. The Morgan fingerprint density at radius 2 is 1.95 bits per heavy atom. The lowest BCUT2D eigenvalue weighted by atomic mass is 10.2. The second kappa shape index (κ2) is 6.76. The Balaban J connectivity index is 2.00. The lowest BCUT2D eigenvalue weighted by Crippen LogP contribution is -2.17. The summed E-state index contributed by atoms with van der Waals surface area (Å²) in [6, 6.07) is 12.7. The summed E-state index contributed by atoms with van der Waals surface area (Å²) in [5, 5.41) is 14.4. The number of nitrogens with zero attached hydrogens (tertiary/aromatic N) is 2. The minimum absolute atomic E-state index is 0.0656. The highest BCUT2D eigenvalue weighted by Gasteiger charge is 2.08. The van der Waals surface area contributed by atoms with Gasteiger partial charge in [0.25, 0.3) is 11.6 Å². The van der Waals surface area contributed by atoms with Gasteiger partial charge in [0.15, 0.2) is 0 Å². The third kappa shape index (κ3) is 4.22. The summed E-state index contributed by atoms with van der Waals surface area (Å²) < 4.78 is 0.910. The van der Waals surface area contributed by atoms with E-state index in [-0.39, 0.29) is 5.69 Å². The quantitative estimate of drug-likeness (QED) is 0.523. The second-order valence-corrected chi connectivity index (χ2v) is 4.97. The molecule has 2 rings (SSSR count). The van der Waals surface area contributed by atoms with E-state index in [0.717, 1.165) is 10.0 Å². The molecule has 0 radical (unpaired) electrons. The fraction of sp³-hybridized carbons (Fsp3) is 0. The number of benzene rings is 2. The fourth-order valence-electron chi connectivity index (χ4n) is 1.55. The third-order valence-electron chi connectivity index (χ3n) is 2.57. The summed E-state index contributed by atoms with van der Waals surface area (Å²) in [4.78, 5) is 21.8. The topological polar surface area (TPSA) is 84.6 Å². The Kier molecular flexibility index (Phi) is 4.78. The highest BCUT2D eigenvalue weighted by Crippen LogP contribution is 2.12. The third-order valence-corrected chi connectivity index (χ3v) is 3.06. The van der Waals surface area contributed by atoms with Crippen LogP contribution in [-0.4, -0.2) is 17.0 Å². The first-order chi connectivity index (χ1) is 10.1. The molecule has 21 heavy (non-hydrogen) atoms. The Morgan fingerprint density at radius 3 is 2.57 bits per heavy atom. The zero-order valence-electron chi connectivity index (χ0n) is 10.7. The minimum atomic E-state index is -0.521. The molecule has 106 valence electrons. The summed E-state index contributed by atoms with van der Waals surface area (Å²) >= 11 is 3.33. The molecule has 0 aliphatic heterocycles. The zero-order chi connectivity index (χ0) is 15.2. The van der Waals surface area contributed by atoms with E-state index in [1.165, 1.54) is 30.5 Å². The summed E-state index contributed by atoms with van der Waals surface area (Å²) in [6.45, 7) is 0. The van der Waals surface area contributed by atoms with Gasteiger partial charge in [-0.2, -0.15) is 5.10 Å². The van der Waals surface area contributed by atoms with Crippen molar-refractivity contribution in [2.24, 2.45) is 5.10 Å². The van der Waals surface area contributed by atoms with E-state index in [9.17, 15) is 14.9 Å². The molecule has 0 aromatic heterocycles. The number of rotatable bonds is 4. The Hall–Kier alpha value is -2.54. The van der Waals surface area contributed by atoms with Gasteiger partial charge in [0.2, 0.25) is 0 Å². The van der Waals surface area contributed by atoms with Gasteiger partial charge < -0.3 is 0 Å². The number of hydrogen-bond donors (Lipinski definition) is 1. The lowest BCUT2D eigenvalue weighted by molar-refractivity contribution is -0.384. The van der Waals surface area contributed by atoms with Crippen LogP contribution in [0.3, 0.4) is 0 Å². The number of hydrogen-bond acceptors (Lipinski definition) is 4. The average molecular weight is 348 g/mol. The van der Waals surface area contributed by atoms with Gasteiger partial charge in [-0.15, -0.1) is 0 Å². The Labute approximate surface area is 128 Å². The number of nitrogens with one attached hydrogen (secondary N) is 1. The summed E-state index contributed by atoms with van der Waals surface area (Å²) in [5.41, 5.74) is 3.42. The van der Waals surface area contributed by atoms with Crippen LogP contribution in [0, 0.1) is 10.1 Å². The Morgan fingerprint density at radius 1 is 1.24 bits per heavy atom. The molecule has 0 spiro atoms. The van der Waals surface area contributed by atoms with E-state index in [2.05, 4.69) is 26.5 Å². The van der Waals surface area contributed by atoms with Gasteiger partial charge in [-0.25, -0.2) is 5.43 Å². The molecule has 0 bridgehead atoms. The molecule has 2 aromatic rings. The van der Waals surface area contributed by atoms with Crippen LogP contribution in [0.1, 0.15) is 15.9 Å². The van der Waals surface area contributed by atoms with E-state index in [0.29, 0.717) is 5.56 Å². The molecular formula is C14H10BrN3O3. The van der Waals surface area contributed by atoms with E-state index in [4.69, 9.17) is 0 Å². The van der Waals surface area contributed by atoms with Gasteiger partial charge in [-0.1, -0.05) is 28.1 Å². The molecule has 0 heterocycles. The van der Waals surface area contributed by atoms with Crippen molar-refractivity contribution in [2.75, 3.05) is 0 Å². The molecule has 0 unspecified atom stereocenters. The summed E-state index contributed by atoms with van der Waals surface area (Å²) in [5.74, 6) is -0.434. The monoisotopic (exact) mass is 347 g/mol. The smallest absolute Gasteiger partial charge is 0.267 e. The van der Waals surface area contributed by atoms with Gasteiger partial charge in [0.05, 0.1) is 11.1 Å². The molecule has 0 aliphatic carbocycles. The molecule has 1 N–H and O–H groups in total. The normalized spacial score (nSPS) is 10.5. The van der Waals surface area contributed by atoms with Crippen molar-refractivity contribution >= 4 is 33.7 Å². The predicted molar refractivity (Wildman–Crippen MR) is 82.3 cm³/mol.